The number of carbonyl (C=O) groups is 3. The van der Waals surface area contributed by atoms with Gasteiger partial charge in [0.2, 0.25) is 5.91 Å². The summed E-state index contributed by atoms with van der Waals surface area (Å²) in [5, 5.41) is 12.0. The van der Waals surface area contributed by atoms with Gasteiger partial charge in [-0.3, -0.25) is 14.9 Å². The third-order valence-electron chi connectivity index (χ3n) is 3.32. The number of likely N-dealkylation sites (tertiary alicyclic amines) is 1. The molecule has 1 heterocycles. The highest BCUT2D eigenvalue weighted by Crippen LogP contribution is 2.29. The van der Waals surface area contributed by atoms with Crippen LogP contribution in [0.4, 0.5) is 4.79 Å². The van der Waals surface area contributed by atoms with Crippen LogP contribution in [0.1, 0.15) is 41.0 Å². The van der Waals surface area contributed by atoms with Gasteiger partial charge in [0.25, 0.3) is 0 Å². The van der Waals surface area contributed by atoms with Crippen LogP contribution in [0.15, 0.2) is 0 Å². The van der Waals surface area contributed by atoms with E-state index in [0.29, 0.717) is 0 Å². The summed E-state index contributed by atoms with van der Waals surface area (Å²) in [6.45, 7) is 8.71. The second-order valence-corrected chi connectivity index (χ2v) is 7.30. The second kappa shape index (κ2) is 5.75. The Morgan fingerprint density at radius 2 is 1.73 bits per heavy atom. The first-order chi connectivity index (χ1) is 9.76. The Balaban J connectivity index is 2.78. The van der Waals surface area contributed by atoms with Crippen molar-refractivity contribution in [2.24, 2.45) is 5.73 Å². The topological polar surface area (TPSA) is 122 Å². The molecule has 0 atom stereocenters. The molecule has 1 aliphatic rings. The summed E-state index contributed by atoms with van der Waals surface area (Å²) in [4.78, 5) is 35.9. The highest BCUT2D eigenvalue weighted by atomic mass is 16.6. The summed E-state index contributed by atoms with van der Waals surface area (Å²) in [6, 6.07) is 0. The Kier molecular flexibility index (Phi) is 4.76. The van der Waals surface area contributed by atoms with Crippen LogP contribution in [0.3, 0.4) is 0 Å². The molecular weight excluding hydrogens is 290 g/mol. The average Bonchev–Trinajstić information content (AvgIpc) is 2.20. The largest absolute Gasteiger partial charge is 0.481 e. The molecule has 0 aliphatic carbocycles. The summed E-state index contributed by atoms with van der Waals surface area (Å²) in [5.74, 6) is -1.61. The summed E-state index contributed by atoms with van der Waals surface area (Å²) in [5.41, 5.74) is 2.73. The molecule has 2 amide bonds. The van der Waals surface area contributed by atoms with E-state index in [1.165, 1.54) is 4.90 Å². The standard InChI is InChI=1S/C14H25N3O5/c1-12(2,3)22-11(21)17-7-14(8-17,6-9(18)19)16-13(4,5)10(15)20/h16H,6-8H2,1-5H3,(H2,15,20)(H,18,19). The number of hydrogen-bond acceptors (Lipinski definition) is 5. The predicted octanol–water partition coefficient (Wildman–Crippen LogP) is 0.304. The number of rotatable bonds is 5. The molecule has 0 unspecified atom stereocenters. The van der Waals surface area contributed by atoms with Gasteiger partial charge in [-0.25, -0.2) is 4.79 Å². The van der Waals surface area contributed by atoms with E-state index in [1.807, 2.05) is 0 Å². The fourth-order valence-electron chi connectivity index (χ4n) is 2.39. The van der Waals surface area contributed by atoms with Crippen LogP contribution in [-0.4, -0.2) is 57.7 Å². The molecule has 0 bridgehead atoms. The molecule has 8 heteroatoms. The third kappa shape index (κ3) is 4.59. The minimum absolute atomic E-state index is 0.144. The van der Waals surface area contributed by atoms with E-state index in [1.54, 1.807) is 34.6 Å². The fraction of sp³-hybridized carbons (Fsp3) is 0.786. The maximum absolute atomic E-state index is 12.0. The van der Waals surface area contributed by atoms with E-state index in [9.17, 15) is 14.4 Å². The van der Waals surface area contributed by atoms with Gasteiger partial charge in [0.15, 0.2) is 0 Å². The Hall–Kier alpha value is -1.83. The zero-order valence-corrected chi connectivity index (χ0v) is 13.7. The Bertz CT molecular complexity index is 475. The molecule has 1 saturated heterocycles. The summed E-state index contributed by atoms with van der Waals surface area (Å²) in [7, 11) is 0. The Morgan fingerprint density at radius 3 is 2.09 bits per heavy atom. The molecule has 0 aromatic carbocycles. The number of nitrogens with zero attached hydrogens (tertiary/aromatic N) is 1. The highest BCUT2D eigenvalue weighted by molar-refractivity contribution is 5.84. The first kappa shape index (κ1) is 18.2. The van der Waals surface area contributed by atoms with Gasteiger partial charge < -0.3 is 20.5 Å². The summed E-state index contributed by atoms with van der Waals surface area (Å²) < 4.78 is 5.24. The molecule has 1 aliphatic heterocycles. The lowest BCUT2D eigenvalue weighted by atomic mass is 9.83. The second-order valence-electron chi connectivity index (χ2n) is 7.30. The van der Waals surface area contributed by atoms with Gasteiger partial charge in [-0.05, 0) is 34.6 Å². The highest BCUT2D eigenvalue weighted by Gasteiger charge is 2.51. The predicted molar refractivity (Wildman–Crippen MR) is 79.2 cm³/mol. The number of carboxylic acids is 1. The molecular formula is C14H25N3O5. The lowest BCUT2D eigenvalue weighted by Gasteiger charge is -2.52. The number of hydrogen-bond donors (Lipinski definition) is 3. The maximum Gasteiger partial charge on any atom is 0.410 e. The zero-order chi connectivity index (χ0) is 17.3. The fourth-order valence-corrected chi connectivity index (χ4v) is 2.39. The number of amides is 2. The zero-order valence-electron chi connectivity index (χ0n) is 13.7. The smallest absolute Gasteiger partial charge is 0.410 e. The van der Waals surface area contributed by atoms with Gasteiger partial charge in [-0.15, -0.1) is 0 Å². The number of nitrogens with two attached hydrogens (primary N) is 1. The molecule has 0 radical (unpaired) electrons. The molecule has 8 nitrogen and oxygen atoms in total. The molecule has 126 valence electrons. The summed E-state index contributed by atoms with van der Waals surface area (Å²) >= 11 is 0. The van der Waals surface area contributed by atoms with Crippen molar-refractivity contribution in [1.82, 2.24) is 10.2 Å². The van der Waals surface area contributed by atoms with Gasteiger partial charge in [-0.2, -0.15) is 0 Å². The van der Waals surface area contributed by atoms with Crippen LogP contribution in [0.5, 0.6) is 0 Å². The molecule has 0 saturated carbocycles. The van der Waals surface area contributed by atoms with E-state index in [0.717, 1.165) is 0 Å². The third-order valence-corrected chi connectivity index (χ3v) is 3.32. The molecule has 0 aromatic rings. The molecule has 1 rings (SSSR count). The number of carbonyl (C=O) groups excluding carboxylic acids is 2. The van der Waals surface area contributed by atoms with Crippen molar-refractivity contribution >= 4 is 18.0 Å². The average molecular weight is 315 g/mol. The van der Waals surface area contributed by atoms with Crippen LogP contribution >= 0.6 is 0 Å². The van der Waals surface area contributed by atoms with E-state index in [-0.39, 0.29) is 19.5 Å². The molecule has 0 aromatic heterocycles. The quantitative estimate of drug-likeness (QED) is 0.671. The molecule has 1 fully saturated rings. The number of carboxylic acid groups (broad SMARTS) is 1. The normalized spacial score (nSPS) is 17.6. The minimum Gasteiger partial charge on any atom is -0.481 e. The monoisotopic (exact) mass is 315 g/mol. The van der Waals surface area contributed by atoms with Crippen LogP contribution in [0, 0.1) is 0 Å². The molecule has 22 heavy (non-hydrogen) atoms. The van der Waals surface area contributed by atoms with Crippen molar-refractivity contribution in [3.63, 3.8) is 0 Å². The first-order valence-electron chi connectivity index (χ1n) is 7.05. The van der Waals surface area contributed by atoms with Crippen molar-refractivity contribution < 1.29 is 24.2 Å². The van der Waals surface area contributed by atoms with E-state index in [4.69, 9.17) is 15.6 Å². The lowest BCUT2D eigenvalue weighted by Crippen LogP contribution is -2.75. The van der Waals surface area contributed by atoms with Crippen LogP contribution < -0.4 is 11.1 Å². The lowest BCUT2D eigenvalue weighted by molar-refractivity contribution is -0.142. The number of aliphatic carboxylic acids is 1. The minimum atomic E-state index is -1.07. The molecule has 4 N–H and O–H groups in total. The first-order valence-corrected chi connectivity index (χ1v) is 7.05. The van der Waals surface area contributed by atoms with Crippen LogP contribution in [-0.2, 0) is 14.3 Å². The van der Waals surface area contributed by atoms with Gasteiger partial charge in [0, 0.05) is 13.1 Å². The Morgan fingerprint density at radius 1 is 1.23 bits per heavy atom. The SMILES string of the molecule is CC(C)(C)OC(=O)N1CC(CC(=O)O)(NC(C)(C)C(N)=O)C1. The molecule has 0 spiro atoms. The summed E-state index contributed by atoms with van der Waals surface area (Å²) in [6.07, 6.45) is -0.726. The van der Waals surface area contributed by atoms with E-state index in [2.05, 4.69) is 5.32 Å². The van der Waals surface area contributed by atoms with Crippen LogP contribution in [0.25, 0.3) is 0 Å². The van der Waals surface area contributed by atoms with Crippen molar-refractivity contribution in [3.8, 4) is 0 Å². The van der Waals surface area contributed by atoms with Gasteiger partial charge in [0.05, 0.1) is 17.5 Å². The van der Waals surface area contributed by atoms with E-state index < -0.39 is 34.6 Å². The van der Waals surface area contributed by atoms with Gasteiger partial charge >= 0.3 is 12.1 Å². The van der Waals surface area contributed by atoms with Crippen LogP contribution in [0.2, 0.25) is 0 Å². The van der Waals surface area contributed by atoms with E-state index >= 15 is 0 Å². The maximum atomic E-state index is 12.0. The Labute approximate surface area is 130 Å². The van der Waals surface area contributed by atoms with Crippen molar-refractivity contribution in [2.45, 2.75) is 57.7 Å². The van der Waals surface area contributed by atoms with Gasteiger partial charge in [0.1, 0.15) is 5.60 Å². The number of ether oxygens (including phenoxy) is 1. The van der Waals surface area contributed by atoms with Crippen molar-refractivity contribution in [1.29, 1.82) is 0 Å². The van der Waals surface area contributed by atoms with Crippen molar-refractivity contribution in [2.75, 3.05) is 13.1 Å². The van der Waals surface area contributed by atoms with Crippen molar-refractivity contribution in [3.05, 3.63) is 0 Å². The number of nitrogens with one attached hydrogen (secondary N) is 1. The van der Waals surface area contributed by atoms with Gasteiger partial charge in [-0.1, -0.05) is 0 Å². The number of primary amides is 1.